The highest BCUT2D eigenvalue weighted by Gasteiger charge is 2.29. The maximum absolute atomic E-state index is 4.91. The molecule has 3 aromatic heterocycles. The van der Waals surface area contributed by atoms with Gasteiger partial charge in [0.05, 0.1) is 28.1 Å². The molecule has 122 valence electrons. The second-order valence-corrected chi connectivity index (χ2v) is 6.54. The molecule has 1 aliphatic rings. The largest absolute Gasteiger partial charge is 0.340 e. The number of nitrogens with one attached hydrogen (secondary N) is 1. The van der Waals surface area contributed by atoms with Gasteiger partial charge in [-0.15, -0.1) is 0 Å². The van der Waals surface area contributed by atoms with E-state index >= 15 is 0 Å². The summed E-state index contributed by atoms with van der Waals surface area (Å²) in [6.45, 7) is 2.01. The number of hydrogen-bond donors (Lipinski definition) is 1. The van der Waals surface area contributed by atoms with Crippen LogP contribution >= 0.6 is 0 Å². The summed E-state index contributed by atoms with van der Waals surface area (Å²) in [7, 11) is 0. The smallest absolute Gasteiger partial charge is 0.110 e. The van der Waals surface area contributed by atoms with E-state index < -0.39 is 0 Å². The number of nitrogens with zero attached hydrogens (tertiary/aromatic N) is 4. The van der Waals surface area contributed by atoms with Gasteiger partial charge in [0.25, 0.3) is 0 Å². The number of rotatable bonds is 3. The van der Waals surface area contributed by atoms with E-state index in [1.54, 1.807) is 12.4 Å². The zero-order valence-corrected chi connectivity index (χ0v) is 13.9. The molecule has 0 radical (unpaired) electrons. The summed E-state index contributed by atoms with van der Waals surface area (Å²) >= 11 is 0. The first-order valence-corrected chi connectivity index (χ1v) is 8.53. The van der Waals surface area contributed by atoms with Gasteiger partial charge in [0, 0.05) is 29.6 Å². The molecule has 5 nitrogen and oxygen atoms in total. The third-order valence-corrected chi connectivity index (χ3v) is 4.57. The number of fused-ring (bicyclic) bond motifs is 1. The van der Waals surface area contributed by atoms with Crippen LogP contribution < -0.4 is 0 Å². The molecule has 0 aliphatic heterocycles. The van der Waals surface area contributed by atoms with Gasteiger partial charge in [-0.1, -0.05) is 12.1 Å². The van der Waals surface area contributed by atoms with E-state index in [2.05, 4.69) is 32.1 Å². The normalized spacial score (nSPS) is 14.1. The lowest BCUT2D eigenvalue weighted by molar-refractivity contribution is 0.976. The van der Waals surface area contributed by atoms with Gasteiger partial charge in [0.1, 0.15) is 5.82 Å². The first kappa shape index (κ1) is 14.3. The molecule has 25 heavy (non-hydrogen) atoms. The quantitative estimate of drug-likeness (QED) is 0.610. The molecule has 4 aromatic rings. The Labute approximate surface area is 145 Å². The van der Waals surface area contributed by atoms with E-state index in [0.29, 0.717) is 5.92 Å². The molecule has 0 spiro atoms. The summed E-state index contributed by atoms with van der Waals surface area (Å²) in [6, 6.07) is 12.2. The van der Waals surface area contributed by atoms with E-state index in [1.165, 1.54) is 12.8 Å². The van der Waals surface area contributed by atoms with Crippen LogP contribution in [0.5, 0.6) is 0 Å². The molecule has 0 amide bonds. The highest BCUT2D eigenvalue weighted by atomic mass is 15.0. The molecule has 0 atom stereocenters. The molecule has 0 unspecified atom stereocenters. The second kappa shape index (κ2) is 5.48. The highest BCUT2D eigenvalue weighted by molar-refractivity contribution is 5.84. The molecule has 1 fully saturated rings. The predicted octanol–water partition coefficient (Wildman–Crippen LogP) is 4.27. The van der Waals surface area contributed by atoms with Gasteiger partial charge in [-0.25, -0.2) is 4.98 Å². The predicted molar refractivity (Wildman–Crippen MR) is 97.1 cm³/mol. The van der Waals surface area contributed by atoms with E-state index in [0.717, 1.165) is 45.2 Å². The lowest BCUT2D eigenvalue weighted by Crippen LogP contribution is -1.90. The van der Waals surface area contributed by atoms with Gasteiger partial charge in [0.2, 0.25) is 0 Å². The Kier molecular flexibility index (Phi) is 3.13. The minimum atomic E-state index is 0.553. The van der Waals surface area contributed by atoms with Crippen LogP contribution in [-0.2, 0) is 0 Å². The Hall–Kier alpha value is -3.08. The van der Waals surface area contributed by atoms with Crippen molar-refractivity contribution < 1.29 is 0 Å². The second-order valence-electron chi connectivity index (χ2n) is 6.54. The summed E-state index contributed by atoms with van der Waals surface area (Å²) in [5, 5.41) is 0. The average Bonchev–Trinajstić information content (AvgIpc) is 3.40. The van der Waals surface area contributed by atoms with E-state index in [9.17, 15) is 0 Å². The van der Waals surface area contributed by atoms with Gasteiger partial charge >= 0.3 is 0 Å². The monoisotopic (exact) mass is 327 g/mol. The Morgan fingerprint density at radius 1 is 0.960 bits per heavy atom. The van der Waals surface area contributed by atoms with Crippen molar-refractivity contribution in [3.8, 4) is 22.6 Å². The summed E-state index contributed by atoms with van der Waals surface area (Å²) in [5.41, 5.74) is 6.64. The Morgan fingerprint density at radius 2 is 1.80 bits per heavy atom. The third-order valence-electron chi connectivity index (χ3n) is 4.57. The molecule has 1 saturated carbocycles. The number of H-pyrrole nitrogens is 1. The van der Waals surface area contributed by atoms with Crippen molar-refractivity contribution in [3.63, 3.8) is 0 Å². The average molecular weight is 327 g/mol. The molecule has 1 aliphatic carbocycles. The van der Waals surface area contributed by atoms with E-state index in [1.807, 2.05) is 31.2 Å². The van der Waals surface area contributed by atoms with Crippen LogP contribution in [0.25, 0.3) is 33.7 Å². The van der Waals surface area contributed by atoms with Gasteiger partial charge in [-0.05, 0) is 44.0 Å². The van der Waals surface area contributed by atoms with Gasteiger partial charge in [-0.3, -0.25) is 15.0 Å². The number of pyridine rings is 1. The van der Waals surface area contributed by atoms with Gasteiger partial charge in [0.15, 0.2) is 0 Å². The lowest BCUT2D eigenvalue weighted by atomic mass is 10.1. The van der Waals surface area contributed by atoms with Crippen LogP contribution in [0.3, 0.4) is 0 Å². The first-order chi connectivity index (χ1) is 12.3. The number of benzene rings is 1. The summed E-state index contributed by atoms with van der Waals surface area (Å²) in [6.07, 6.45) is 5.84. The summed E-state index contributed by atoms with van der Waals surface area (Å²) in [5.74, 6) is 1.62. The first-order valence-electron chi connectivity index (χ1n) is 8.53. The molecule has 1 aromatic carbocycles. The van der Waals surface area contributed by atoms with Gasteiger partial charge in [-0.2, -0.15) is 0 Å². The van der Waals surface area contributed by atoms with Gasteiger partial charge < -0.3 is 4.98 Å². The number of aromatic amines is 1. The Bertz CT molecular complexity index is 1080. The van der Waals surface area contributed by atoms with Crippen molar-refractivity contribution >= 4 is 11.0 Å². The molecule has 5 rings (SSSR count). The number of aryl methyl sites for hydroxylation is 1. The van der Waals surface area contributed by atoms with Crippen molar-refractivity contribution in [2.45, 2.75) is 25.7 Å². The standard InChI is InChI=1S/C20H17N5/c1-12-3-2-4-16(23-12)19-18(24-20(25-19)13-5-6-13)14-7-8-15-17(11-14)22-10-9-21-15/h2-4,7-11,13H,5-6H2,1H3,(H,24,25). The maximum atomic E-state index is 4.91. The fourth-order valence-corrected chi connectivity index (χ4v) is 3.13. The minimum Gasteiger partial charge on any atom is -0.340 e. The molecule has 3 heterocycles. The topological polar surface area (TPSA) is 67.3 Å². The van der Waals surface area contributed by atoms with Crippen molar-refractivity contribution in [2.24, 2.45) is 0 Å². The van der Waals surface area contributed by atoms with Crippen LogP contribution in [0.15, 0.2) is 48.8 Å². The van der Waals surface area contributed by atoms with Crippen molar-refractivity contribution in [1.82, 2.24) is 24.9 Å². The maximum Gasteiger partial charge on any atom is 0.110 e. The fraction of sp³-hybridized carbons (Fsp3) is 0.200. The number of aromatic nitrogens is 5. The molecule has 5 heteroatoms. The molecular weight excluding hydrogens is 310 g/mol. The van der Waals surface area contributed by atoms with Crippen LogP contribution in [0.2, 0.25) is 0 Å². The zero-order valence-electron chi connectivity index (χ0n) is 13.9. The minimum absolute atomic E-state index is 0.553. The van der Waals surface area contributed by atoms with Crippen molar-refractivity contribution in [2.75, 3.05) is 0 Å². The van der Waals surface area contributed by atoms with Crippen molar-refractivity contribution in [1.29, 1.82) is 0 Å². The molecule has 0 bridgehead atoms. The molecule has 1 N–H and O–H groups in total. The SMILES string of the molecule is Cc1cccc(-c2[nH]c(C3CC3)nc2-c2ccc3nccnc3c2)n1. The van der Waals surface area contributed by atoms with Crippen LogP contribution in [0.4, 0.5) is 0 Å². The summed E-state index contributed by atoms with van der Waals surface area (Å²) < 4.78 is 0. The molecule has 0 saturated heterocycles. The fourth-order valence-electron chi connectivity index (χ4n) is 3.13. The van der Waals surface area contributed by atoms with Crippen LogP contribution in [-0.4, -0.2) is 24.9 Å². The van der Waals surface area contributed by atoms with Crippen LogP contribution in [0.1, 0.15) is 30.3 Å². The lowest BCUT2D eigenvalue weighted by Gasteiger charge is -2.04. The number of hydrogen-bond acceptors (Lipinski definition) is 4. The Balaban J connectivity index is 1.70. The Morgan fingerprint density at radius 3 is 2.60 bits per heavy atom. The van der Waals surface area contributed by atoms with Crippen LogP contribution in [0, 0.1) is 6.92 Å². The van der Waals surface area contributed by atoms with Crippen molar-refractivity contribution in [3.05, 3.63) is 60.3 Å². The van der Waals surface area contributed by atoms with E-state index in [4.69, 9.17) is 4.98 Å². The highest BCUT2D eigenvalue weighted by Crippen LogP contribution is 2.41. The number of imidazole rings is 1. The molecular formula is C20H17N5. The summed E-state index contributed by atoms with van der Waals surface area (Å²) in [4.78, 5) is 21.9. The zero-order chi connectivity index (χ0) is 16.8. The third kappa shape index (κ3) is 2.58. The van der Waals surface area contributed by atoms with E-state index in [-0.39, 0.29) is 0 Å².